The van der Waals surface area contributed by atoms with E-state index < -0.39 is 0 Å². The highest BCUT2D eigenvalue weighted by atomic mass is 16.3. The number of hydrogen-bond donors (Lipinski definition) is 0. The first-order chi connectivity index (χ1) is 27.2. The molecule has 0 saturated carbocycles. The Morgan fingerprint density at radius 1 is 0.255 bits per heavy atom. The van der Waals surface area contributed by atoms with Gasteiger partial charge in [0.1, 0.15) is 11.2 Å². The maximum absolute atomic E-state index is 6.78. The summed E-state index contributed by atoms with van der Waals surface area (Å²) < 4.78 is 6.78. The first-order valence-corrected chi connectivity index (χ1v) is 18.4. The molecule has 0 amide bonds. The quantitative estimate of drug-likeness (QED) is 0.166. The minimum absolute atomic E-state index is 0.634. The molecule has 10 rings (SSSR count). The molecule has 0 fully saturated rings. The standard InChI is InChI=1S/C51H33N3O/c1-4-13-34(14-5-1)35-25-29-37(30-26-35)43-21-11-23-45-46-24-12-22-44(48(46)55-47(43)45)38-31-27-36(28-32-38)41-19-10-20-42(33-41)51-53-49(39-15-6-2-7-16-39)52-50(54-51)40-17-8-3-9-18-40/h1-33H. The van der Waals surface area contributed by atoms with Crippen LogP contribution in [0, 0.1) is 0 Å². The molecule has 2 aromatic heterocycles. The second kappa shape index (κ2) is 13.8. The van der Waals surface area contributed by atoms with Crippen LogP contribution in [0.25, 0.3) is 101 Å². The van der Waals surface area contributed by atoms with Crippen molar-refractivity contribution < 1.29 is 4.42 Å². The smallest absolute Gasteiger partial charge is 0.164 e. The number of para-hydroxylation sites is 2. The molecule has 0 bridgehead atoms. The number of rotatable bonds is 7. The van der Waals surface area contributed by atoms with Crippen molar-refractivity contribution in [1.82, 2.24) is 15.0 Å². The van der Waals surface area contributed by atoms with Gasteiger partial charge in [-0.25, -0.2) is 15.0 Å². The lowest BCUT2D eigenvalue weighted by molar-refractivity contribution is 0.671. The molecule has 10 aromatic rings. The maximum Gasteiger partial charge on any atom is 0.164 e. The molecule has 0 N–H and O–H groups in total. The summed E-state index contributed by atoms with van der Waals surface area (Å²) in [6, 6.07) is 69.3. The molecule has 4 nitrogen and oxygen atoms in total. The van der Waals surface area contributed by atoms with Gasteiger partial charge in [-0.2, -0.15) is 0 Å². The minimum atomic E-state index is 0.634. The van der Waals surface area contributed by atoms with Crippen molar-refractivity contribution >= 4 is 21.9 Å². The topological polar surface area (TPSA) is 51.8 Å². The summed E-state index contributed by atoms with van der Waals surface area (Å²) in [5.74, 6) is 1.92. The summed E-state index contributed by atoms with van der Waals surface area (Å²) in [5.41, 5.74) is 13.6. The van der Waals surface area contributed by atoms with Gasteiger partial charge >= 0.3 is 0 Å². The summed E-state index contributed by atoms with van der Waals surface area (Å²) in [5, 5.41) is 2.22. The Hall–Kier alpha value is -7.43. The van der Waals surface area contributed by atoms with E-state index in [-0.39, 0.29) is 0 Å². The van der Waals surface area contributed by atoms with Crippen molar-refractivity contribution in [3.05, 3.63) is 200 Å². The van der Waals surface area contributed by atoms with Crippen LogP contribution in [0.4, 0.5) is 0 Å². The van der Waals surface area contributed by atoms with Gasteiger partial charge in [0, 0.05) is 38.6 Å². The van der Waals surface area contributed by atoms with Gasteiger partial charge in [0.2, 0.25) is 0 Å². The van der Waals surface area contributed by atoms with E-state index in [0.29, 0.717) is 17.5 Å². The van der Waals surface area contributed by atoms with Crippen LogP contribution < -0.4 is 0 Å². The van der Waals surface area contributed by atoms with Crippen molar-refractivity contribution in [3.8, 4) is 78.7 Å². The molecule has 0 aliphatic carbocycles. The summed E-state index contributed by atoms with van der Waals surface area (Å²) in [6.07, 6.45) is 0. The maximum atomic E-state index is 6.78. The molecule has 2 heterocycles. The Bertz CT molecular complexity index is 2880. The first-order valence-electron chi connectivity index (χ1n) is 18.4. The summed E-state index contributed by atoms with van der Waals surface area (Å²) in [4.78, 5) is 14.7. The molecule has 0 saturated heterocycles. The van der Waals surface area contributed by atoms with E-state index >= 15 is 0 Å². The Kier molecular flexibility index (Phi) is 8.12. The molecule has 0 spiro atoms. The van der Waals surface area contributed by atoms with Crippen LogP contribution in [0.1, 0.15) is 0 Å². The van der Waals surface area contributed by atoms with E-state index in [0.717, 1.165) is 72.0 Å². The van der Waals surface area contributed by atoms with Crippen LogP contribution in [0.15, 0.2) is 205 Å². The second-order valence-electron chi connectivity index (χ2n) is 13.6. The van der Waals surface area contributed by atoms with Crippen molar-refractivity contribution in [2.75, 3.05) is 0 Å². The van der Waals surface area contributed by atoms with Crippen molar-refractivity contribution in [2.45, 2.75) is 0 Å². The first kappa shape index (κ1) is 32.2. The molecule has 4 heteroatoms. The van der Waals surface area contributed by atoms with Crippen LogP contribution in [-0.2, 0) is 0 Å². The average Bonchev–Trinajstić information content (AvgIpc) is 3.67. The Balaban J connectivity index is 0.988. The lowest BCUT2D eigenvalue weighted by Gasteiger charge is -2.10. The molecule has 0 unspecified atom stereocenters. The molecule has 0 radical (unpaired) electrons. The fourth-order valence-electron chi connectivity index (χ4n) is 7.37. The van der Waals surface area contributed by atoms with Crippen LogP contribution in [0.5, 0.6) is 0 Å². The molecule has 0 aliphatic heterocycles. The highest BCUT2D eigenvalue weighted by Gasteiger charge is 2.17. The molecule has 8 aromatic carbocycles. The molecule has 0 atom stereocenters. The largest absolute Gasteiger partial charge is 0.455 e. The SMILES string of the molecule is c1ccc(-c2ccc(-c3cccc4c3oc3c(-c5ccc(-c6cccc(-c7nc(-c8ccccc8)nc(-c8ccccc8)n7)c6)cc5)cccc34)cc2)cc1. The zero-order chi connectivity index (χ0) is 36.6. The lowest BCUT2D eigenvalue weighted by Crippen LogP contribution is -2.00. The normalized spacial score (nSPS) is 11.3. The fraction of sp³-hybridized carbons (Fsp3) is 0. The van der Waals surface area contributed by atoms with E-state index in [9.17, 15) is 0 Å². The Labute approximate surface area is 319 Å². The average molecular weight is 704 g/mol. The van der Waals surface area contributed by atoms with Gasteiger partial charge in [-0.15, -0.1) is 0 Å². The van der Waals surface area contributed by atoms with E-state index in [1.165, 1.54) is 11.1 Å². The number of benzene rings is 8. The highest BCUT2D eigenvalue weighted by molar-refractivity contribution is 6.13. The molecular formula is C51H33N3O. The molecular weight excluding hydrogens is 671 g/mol. The van der Waals surface area contributed by atoms with Gasteiger partial charge in [-0.3, -0.25) is 0 Å². The van der Waals surface area contributed by atoms with Gasteiger partial charge in [0.25, 0.3) is 0 Å². The number of furan rings is 1. The third kappa shape index (κ3) is 6.16. The number of hydrogen-bond acceptors (Lipinski definition) is 4. The molecule has 258 valence electrons. The van der Waals surface area contributed by atoms with Crippen LogP contribution >= 0.6 is 0 Å². The van der Waals surface area contributed by atoms with E-state index in [2.05, 4.69) is 133 Å². The third-order valence-corrected chi connectivity index (χ3v) is 10.2. The Morgan fingerprint density at radius 2 is 0.600 bits per heavy atom. The van der Waals surface area contributed by atoms with Gasteiger partial charge in [0.05, 0.1) is 0 Å². The van der Waals surface area contributed by atoms with Gasteiger partial charge < -0.3 is 4.42 Å². The minimum Gasteiger partial charge on any atom is -0.455 e. The summed E-state index contributed by atoms with van der Waals surface area (Å²) >= 11 is 0. The molecule has 0 aliphatic rings. The monoisotopic (exact) mass is 703 g/mol. The predicted octanol–water partition coefficient (Wildman–Crippen LogP) is 13.4. The number of nitrogens with zero attached hydrogens (tertiary/aromatic N) is 3. The van der Waals surface area contributed by atoms with Crippen LogP contribution in [0.2, 0.25) is 0 Å². The van der Waals surface area contributed by atoms with Crippen LogP contribution in [-0.4, -0.2) is 15.0 Å². The van der Waals surface area contributed by atoms with E-state index in [4.69, 9.17) is 19.4 Å². The highest BCUT2D eigenvalue weighted by Crippen LogP contribution is 2.40. The van der Waals surface area contributed by atoms with Gasteiger partial charge in [-0.1, -0.05) is 194 Å². The fourth-order valence-corrected chi connectivity index (χ4v) is 7.37. The third-order valence-electron chi connectivity index (χ3n) is 10.2. The van der Waals surface area contributed by atoms with Crippen LogP contribution in [0.3, 0.4) is 0 Å². The van der Waals surface area contributed by atoms with Gasteiger partial charge in [0.15, 0.2) is 17.5 Å². The van der Waals surface area contributed by atoms with Crippen molar-refractivity contribution in [2.24, 2.45) is 0 Å². The van der Waals surface area contributed by atoms with E-state index in [1.807, 2.05) is 66.7 Å². The zero-order valence-electron chi connectivity index (χ0n) is 29.8. The Morgan fingerprint density at radius 3 is 1.09 bits per heavy atom. The van der Waals surface area contributed by atoms with E-state index in [1.54, 1.807) is 0 Å². The summed E-state index contributed by atoms with van der Waals surface area (Å²) in [7, 11) is 0. The number of aromatic nitrogens is 3. The second-order valence-corrected chi connectivity index (χ2v) is 13.6. The summed E-state index contributed by atoms with van der Waals surface area (Å²) in [6.45, 7) is 0. The number of fused-ring (bicyclic) bond motifs is 3. The zero-order valence-corrected chi connectivity index (χ0v) is 29.8. The van der Waals surface area contributed by atoms with Crippen molar-refractivity contribution in [3.63, 3.8) is 0 Å². The molecule has 55 heavy (non-hydrogen) atoms. The van der Waals surface area contributed by atoms with Crippen molar-refractivity contribution in [1.29, 1.82) is 0 Å². The lowest BCUT2D eigenvalue weighted by atomic mass is 9.97. The predicted molar refractivity (Wildman–Crippen MR) is 225 cm³/mol. The van der Waals surface area contributed by atoms with Gasteiger partial charge in [-0.05, 0) is 39.4 Å².